The summed E-state index contributed by atoms with van der Waals surface area (Å²) in [5.74, 6) is 0.525. The Bertz CT molecular complexity index is 467. The summed E-state index contributed by atoms with van der Waals surface area (Å²) in [6.07, 6.45) is 5.72. The van der Waals surface area contributed by atoms with Crippen LogP contribution < -0.4 is 10.1 Å². The number of hydrogen-bond donors (Lipinski definition) is 2. The van der Waals surface area contributed by atoms with Crippen molar-refractivity contribution in [3.63, 3.8) is 0 Å². The van der Waals surface area contributed by atoms with Gasteiger partial charge in [-0.1, -0.05) is 38.3 Å². The highest BCUT2D eigenvalue weighted by Crippen LogP contribution is 2.27. The minimum atomic E-state index is -0.726. The molecule has 0 aromatic heterocycles. The summed E-state index contributed by atoms with van der Waals surface area (Å²) in [5.41, 5.74) is 0.458. The third kappa shape index (κ3) is 5.05. The van der Waals surface area contributed by atoms with E-state index in [1.54, 1.807) is 0 Å². The van der Waals surface area contributed by atoms with Crippen molar-refractivity contribution in [2.24, 2.45) is 0 Å². The van der Waals surface area contributed by atoms with E-state index in [9.17, 15) is 9.90 Å². The molecule has 0 saturated heterocycles. The van der Waals surface area contributed by atoms with Crippen LogP contribution in [-0.2, 0) is 11.2 Å². The first kappa shape index (κ1) is 15.8. The van der Waals surface area contributed by atoms with E-state index < -0.39 is 5.60 Å². The topological polar surface area (TPSA) is 58.6 Å². The van der Waals surface area contributed by atoms with Crippen LogP contribution >= 0.6 is 0 Å². The molecule has 1 aliphatic rings. The SMILES string of the molecule is CCc1cccc(OCC(=O)NCC2(O)CCCCC2)c1. The van der Waals surface area contributed by atoms with Crippen molar-refractivity contribution in [3.8, 4) is 5.75 Å². The molecule has 2 rings (SSSR count). The lowest BCUT2D eigenvalue weighted by Crippen LogP contribution is -2.45. The second-order valence-electron chi connectivity index (χ2n) is 5.85. The van der Waals surface area contributed by atoms with Gasteiger partial charge in [0, 0.05) is 6.54 Å². The number of aryl methyl sites for hydroxylation is 1. The minimum absolute atomic E-state index is 0.0107. The van der Waals surface area contributed by atoms with Crippen LogP contribution in [-0.4, -0.2) is 29.8 Å². The lowest BCUT2D eigenvalue weighted by atomic mass is 9.85. The van der Waals surface area contributed by atoms with Crippen molar-refractivity contribution in [1.29, 1.82) is 0 Å². The molecule has 1 saturated carbocycles. The molecule has 1 amide bonds. The molecule has 4 nitrogen and oxygen atoms in total. The molecule has 4 heteroatoms. The van der Waals surface area contributed by atoms with Crippen LogP contribution in [0, 0.1) is 0 Å². The molecule has 0 unspecified atom stereocenters. The third-order valence-electron chi connectivity index (χ3n) is 4.08. The Hall–Kier alpha value is -1.55. The van der Waals surface area contributed by atoms with Gasteiger partial charge in [-0.3, -0.25) is 4.79 Å². The summed E-state index contributed by atoms with van der Waals surface area (Å²) in [4.78, 5) is 11.8. The van der Waals surface area contributed by atoms with Crippen molar-refractivity contribution in [2.75, 3.05) is 13.2 Å². The van der Waals surface area contributed by atoms with E-state index in [1.807, 2.05) is 24.3 Å². The minimum Gasteiger partial charge on any atom is -0.484 e. The molecule has 0 heterocycles. The van der Waals surface area contributed by atoms with Crippen molar-refractivity contribution in [2.45, 2.75) is 51.0 Å². The van der Waals surface area contributed by atoms with Gasteiger partial charge in [-0.25, -0.2) is 0 Å². The fraction of sp³-hybridized carbons (Fsp3) is 0.588. The van der Waals surface area contributed by atoms with Gasteiger partial charge in [-0.2, -0.15) is 0 Å². The van der Waals surface area contributed by atoms with Gasteiger partial charge in [0.25, 0.3) is 5.91 Å². The number of carbonyl (C=O) groups excluding carboxylic acids is 1. The third-order valence-corrected chi connectivity index (χ3v) is 4.08. The standard InChI is InChI=1S/C17H25NO3/c1-2-14-7-6-8-15(11-14)21-12-16(19)18-13-17(20)9-4-3-5-10-17/h6-8,11,20H,2-5,9-10,12-13H2,1H3,(H,18,19). The Morgan fingerprint density at radius 1 is 1.33 bits per heavy atom. The molecular formula is C17H25NO3. The predicted molar refractivity (Wildman–Crippen MR) is 82.4 cm³/mol. The number of nitrogens with one attached hydrogen (secondary N) is 1. The fourth-order valence-electron chi connectivity index (χ4n) is 2.70. The highest BCUT2D eigenvalue weighted by molar-refractivity contribution is 5.77. The maximum atomic E-state index is 11.8. The number of ether oxygens (including phenoxy) is 1. The van der Waals surface area contributed by atoms with E-state index in [-0.39, 0.29) is 12.5 Å². The zero-order valence-electron chi connectivity index (χ0n) is 12.7. The molecule has 2 N–H and O–H groups in total. The largest absolute Gasteiger partial charge is 0.484 e. The summed E-state index contributed by atoms with van der Waals surface area (Å²) in [7, 11) is 0. The van der Waals surface area contributed by atoms with Gasteiger partial charge in [0.15, 0.2) is 6.61 Å². The Morgan fingerprint density at radius 3 is 2.81 bits per heavy atom. The van der Waals surface area contributed by atoms with Crippen molar-refractivity contribution >= 4 is 5.91 Å². The van der Waals surface area contributed by atoms with Gasteiger partial charge in [-0.05, 0) is 37.0 Å². The Labute approximate surface area is 126 Å². The molecular weight excluding hydrogens is 266 g/mol. The van der Waals surface area contributed by atoms with E-state index in [2.05, 4.69) is 12.2 Å². The molecule has 21 heavy (non-hydrogen) atoms. The summed E-state index contributed by atoms with van der Waals surface area (Å²) < 4.78 is 5.49. The van der Waals surface area contributed by atoms with E-state index in [0.29, 0.717) is 12.3 Å². The first-order valence-corrected chi connectivity index (χ1v) is 7.82. The van der Waals surface area contributed by atoms with Gasteiger partial charge in [0.1, 0.15) is 5.75 Å². The van der Waals surface area contributed by atoms with E-state index >= 15 is 0 Å². The van der Waals surface area contributed by atoms with Crippen LogP contribution in [0.2, 0.25) is 0 Å². The van der Waals surface area contributed by atoms with Gasteiger partial charge >= 0.3 is 0 Å². The maximum absolute atomic E-state index is 11.8. The molecule has 1 fully saturated rings. The molecule has 1 aromatic carbocycles. The number of amides is 1. The van der Waals surface area contributed by atoms with Gasteiger partial charge < -0.3 is 15.2 Å². The number of benzene rings is 1. The number of carbonyl (C=O) groups is 1. The van der Waals surface area contributed by atoms with Crippen molar-refractivity contribution in [1.82, 2.24) is 5.32 Å². The summed E-state index contributed by atoms with van der Waals surface area (Å²) in [5, 5.41) is 13.1. The lowest BCUT2D eigenvalue weighted by Gasteiger charge is -2.32. The summed E-state index contributed by atoms with van der Waals surface area (Å²) >= 11 is 0. The number of hydrogen-bond acceptors (Lipinski definition) is 3. The van der Waals surface area contributed by atoms with Gasteiger partial charge in [-0.15, -0.1) is 0 Å². The van der Waals surface area contributed by atoms with Crippen LogP contribution in [0.15, 0.2) is 24.3 Å². The fourth-order valence-corrected chi connectivity index (χ4v) is 2.70. The second-order valence-corrected chi connectivity index (χ2v) is 5.85. The first-order chi connectivity index (χ1) is 10.1. The Balaban J connectivity index is 1.74. The van der Waals surface area contributed by atoms with E-state index in [1.165, 1.54) is 12.0 Å². The van der Waals surface area contributed by atoms with Crippen LogP contribution in [0.1, 0.15) is 44.6 Å². The Morgan fingerprint density at radius 2 is 2.10 bits per heavy atom. The molecule has 0 spiro atoms. The van der Waals surface area contributed by atoms with Crippen molar-refractivity contribution < 1.29 is 14.6 Å². The number of rotatable bonds is 6. The van der Waals surface area contributed by atoms with Gasteiger partial charge in [0.05, 0.1) is 5.60 Å². The zero-order chi connectivity index (χ0) is 15.1. The average molecular weight is 291 g/mol. The smallest absolute Gasteiger partial charge is 0.258 e. The van der Waals surface area contributed by atoms with Gasteiger partial charge in [0.2, 0.25) is 0 Å². The first-order valence-electron chi connectivity index (χ1n) is 7.82. The van der Waals surface area contributed by atoms with E-state index in [0.717, 1.165) is 32.1 Å². The predicted octanol–water partition coefficient (Wildman–Crippen LogP) is 2.44. The molecule has 0 atom stereocenters. The highest BCUT2D eigenvalue weighted by Gasteiger charge is 2.29. The molecule has 0 aliphatic heterocycles. The normalized spacial score (nSPS) is 17.2. The molecule has 116 valence electrons. The maximum Gasteiger partial charge on any atom is 0.258 e. The van der Waals surface area contributed by atoms with Crippen LogP contribution in [0.3, 0.4) is 0 Å². The Kier molecular flexibility index (Phi) is 5.62. The van der Waals surface area contributed by atoms with Crippen LogP contribution in [0.4, 0.5) is 0 Å². The lowest BCUT2D eigenvalue weighted by molar-refractivity contribution is -0.124. The highest BCUT2D eigenvalue weighted by atomic mass is 16.5. The van der Waals surface area contributed by atoms with Crippen molar-refractivity contribution in [3.05, 3.63) is 29.8 Å². The zero-order valence-corrected chi connectivity index (χ0v) is 12.7. The van der Waals surface area contributed by atoms with E-state index in [4.69, 9.17) is 4.74 Å². The second kappa shape index (κ2) is 7.46. The quantitative estimate of drug-likeness (QED) is 0.846. The monoisotopic (exact) mass is 291 g/mol. The molecule has 1 aliphatic carbocycles. The average Bonchev–Trinajstić information content (AvgIpc) is 2.52. The summed E-state index contributed by atoms with van der Waals surface area (Å²) in [6.45, 7) is 2.39. The van der Waals surface area contributed by atoms with Crippen LogP contribution in [0.5, 0.6) is 5.75 Å². The summed E-state index contributed by atoms with van der Waals surface area (Å²) in [6, 6.07) is 7.76. The molecule has 0 bridgehead atoms. The van der Waals surface area contributed by atoms with Crippen LogP contribution in [0.25, 0.3) is 0 Å². The number of aliphatic hydroxyl groups is 1. The molecule has 1 aromatic rings. The molecule has 0 radical (unpaired) electrons.